The van der Waals surface area contributed by atoms with Crippen LogP contribution in [0, 0.1) is 0 Å². The molecule has 0 spiro atoms. The van der Waals surface area contributed by atoms with Gasteiger partial charge in [0.1, 0.15) is 6.04 Å². The summed E-state index contributed by atoms with van der Waals surface area (Å²) in [7, 11) is 0. The van der Waals surface area contributed by atoms with E-state index in [0.29, 0.717) is 13.0 Å². The van der Waals surface area contributed by atoms with Crippen LogP contribution in [0.25, 0.3) is 0 Å². The predicted molar refractivity (Wildman–Crippen MR) is 67.4 cm³/mol. The molecule has 0 bridgehead atoms. The maximum Gasteiger partial charge on any atom is 0.326 e. The quantitative estimate of drug-likeness (QED) is 0.791. The molecule has 2 N–H and O–H groups in total. The van der Waals surface area contributed by atoms with E-state index >= 15 is 0 Å². The Balaban J connectivity index is 2.02. The van der Waals surface area contributed by atoms with Crippen LogP contribution in [-0.4, -0.2) is 40.1 Å². The monoisotopic (exact) mass is 254 g/mol. The van der Waals surface area contributed by atoms with Gasteiger partial charge in [-0.05, 0) is 39.0 Å². The molecular weight excluding hydrogens is 232 g/mol. The zero-order valence-corrected chi connectivity index (χ0v) is 10.9. The lowest BCUT2D eigenvalue weighted by atomic mass is 9.79. The molecule has 1 unspecified atom stereocenters. The highest BCUT2D eigenvalue weighted by atomic mass is 16.4. The number of nitrogens with one attached hydrogen (secondary N) is 1. The van der Waals surface area contributed by atoms with Gasteiger partial charge in [0.15, 0.2) is 0 Å². The lowest BCUT2D eigenvalue weighted by Gasteiger charge is -2.41. The molecule has 0 aromatic heterocycles. The molecule has 5 nitrogen and oxygen atoms in total. The lowest BCUT2D eigenvalue weighted by molar-refractivity contribution is -0.142. The van der Waals surface area contributed by atoms with Crippen molar-refractivity contribution in [1.29, 1.82) is 0 Å². The summed E-state index contributed by atoms with van der Waals surface area (Å²) in [5.74, 6) is -0.884. The first-order chi connectivity index (χ1) is 8.52. The van der Waals surface area contributed by atoms with Gasteiger partial charge in [-0.3, -0.25) is 0 Å². The number of carbonyl (C=O) groups is 2. The fourth-order valence-corrected chi connectivity index (χ4v) is 2.77. The van der Waals surface area contributed by atoms with E-state index in [1.54, 1.807) is 0 Å². The van der Waals surface area contributed by atoms with E-state index in [1.807, 2.05) is 6.92 Å². The average molecular weight is 254 g/mol. The number of hydrogen-bond donors (Lipinski definition) is 2. The number of carboxylic acid groups (broad SMARTS) is 1. The van der Waals surface area contributed by atoms with Crippen molar-refractivity contribution < 1.29 is 14.7 Å². The van der Waals surface area contributed by atoms with Crippen molar-refractivity contribution in [1.82, 2.24) is 10.2 Å². The molecule has 102 valence electrons. The molecule has 2 aliphatic rings. The molecule has 18 heavy (non-hydrogen) atoms. The molecule has 0 radical (unpaired) electrons. The lowest BCUT2D eigenvalue weighted by Crippen LogP contribution is -2.58. The molecule has 1 saturated carbocycles. The maximum absolute atomic E-state index is 12.2. The maximum atomic E-state index is 12.2. The van der Waals surface area contributed by atoms with Crippen LogP contribution in [0.4, 0.5) is 4.79 Å². The normalized spacial score (nSPS) is 26.9. The Bertz CT molecular complexity index is 339. The van der Waals surface area contributed by atoms with Gasteiger partial charge in [0.2, 0.25) is 0 Å². The van der Waals surface area contributed by atoms with Crippen molar-refractivity contribution in [2.75, 3.05) is 6.54 Å². The van der Waals surface area contributed by atoms with Crippen molar-refractivity contribution in [3.05, 3.63) is 0 Å². The largest absolute Gasteiger partial charge is 0.480 e. The Hall–Kier alpha value is -1.26. The fourth-order valence-electron chi connectivity index (χ4n) is 2.77. The van der Waals surface area contributed by atoms with Gasteiger partial charge < -0.3 is 15.3 Å². The highest BCUT2D eigenvalue weighted by Crippen LogP contribution is 2.31. The fraction of sp³-hybridized carbons (Fsp3) is 0.846. The molecule has 2 fully saturated rings. The molecule has 0 aromatic rings. The van der Waals surface area contributed by atoms with Crippen LogP contribution >= 0.6 is 0 Å². The zero-order valence-electron chi connectivity index (χ0n) is 10.9. The van der Waals surface area contributed by atoms with Crippen LogP contribution in [0.1, 0.15) is 51.9 Å². The van der Waals surface area contributed by atoms with E-state index in [9.17, 15) is 14.7 Å². The predicted octanol–water partition coefficient (Wildman–Crippen LogP) is 1.97. The minimum Gasteiger partial charge on any atom is -0.480 e. The minimum absolute atomic E-state index is 0.119. The van der Waals surface area contributed by atoms with Crippen molar-refractivity contribution >= 4 is 12.0 Å². The summed E-state index contributed by atoms with van der Waals surface area (Å²) in [6.07, 6.45) is 6.48. The molecule has 5 heteroatoms. The van der Waals surface area contributed by atoms with E-state index in [-0.39, 0.29) is 11.6 Å². The highest BCUT2D eigenvalue weighted by molar-refractivity contribution is 5.83. The van der Waals surface area contributed by atoms with Crippen molar-refractivity contribution in [3.63, 3.8) is 0 Å². The number of hydrogen-bond acceptors (Lipinski definition) is 2. The topological polar surface area (TPSA) is 69.6 Å². The number of carbonyl (C=O) groups excluding carboxylic acids is 1. The Kier molecular flexibility index (Phi) is 3.78. The van der Waals surface area contributed by atoms with Crippen LogP contribution in [0.3, 0.4) is 0 Å². The van der Waals surface area contributed by atoms with E-state index in [0.717, 1.165) is 38.5 Å². The first-order valence-corrected chi connectivity index (χ1v) is 6.83. The molecule has 1 aliphatic carbocycles. The number of urea groups is 1. The van der Waals surface area contributed by atoms with Crippen molar-refractivity contribution in [2.45, 2.75) is 63.5 Å². The standard InChI is InChI=1S/C13H22N2O3/c1-13(7-5-8-13)14-12(18)15-9-4-2-3-6-10(15)11(16)17/h10H,2-9H2,1H3,(H,14,18)(H,16,17). The Labute approximate surface area is 108 Å². The summed E-state index contributed by atoms with van der Waals surface area (Å²) in [6.45, 7) is 2.58. The highest BCUT2D eigenvalue weighted by Gasteiger charge is 2.37. The van der Waals surface area contributed by atoms with Gasteiger partial charge in [-0.1, -0.05) is 12.8 Å². The summed E-state index contributed by atoms with van der Waals surface area (Å²) in [6, 6.07) is -0.859. The number of rotatable bonds is 2. The van der Waals surface area contributed by atoms with Crippen LogP contribution < -0.4 is 5.32 Å². The number of amides is 2. The van der Waals surface area contributed by atoms with E-state index in [2.05, 4.69) is 5.32 Å². The molecule has 1 saturated heterocycles. The zero-order chi connectivity index (χ0) is 13.2. The second-order valence-corrected chi connectivity index (χ2v) is 5.74. The SMILES string of the molecule is CC1(NC(=O)N2CCCCCC2C(=O)O)CCC1. The molecule has 2 amide bonds. The van der Waals surface area contributed by atoms with Gasteiger partial charge in [0.25, 0.3) is 0 Å². The average Bonchev–Trinajstić information content (AvgIpc) is 2.51. The van der Waals surface area contributed by atoms with E-state index in [4.69, 9.17) is 0 Å². The van der Waals surface area contributed by atoms with Gasteiger partial charge in [-0.15, -0.1) is 0 Å². The number of nitrogens with zero attached hydrogens (tertiary/aromatic N) is 1. The second kappa shape index (κ2) is 5.16. The van der Waals surface area contributed by atoms with E-state index in [1.165, 1.54) is 4.90 Å². The van der Waals surface area contributed by atoms with Gasteiger partial charge in [0.05, 0.1) is 0 Å². The van der Waals surface area contributed by atoms with Crippen LogP contribution in [0.2, 0.25) is 0 Å². The minimum atomic E-state index is -0.884. The van der Waals surface area contributed by atoms with Gasteiger partial charge >= 0.3 is 12.0 Å². The van der Waals surface area contributed by atoms with Gasteiger partial charge in [-0.25, -0.2) is 9.59 Å². The summed E-state index contributed by atoms with van der Waals surface area (Å²) >= 11 is 0. The van der Waals surface area contributed by atoms with Gasteiger partial charge in [-0.2, -0.15) is 0 Å². The molecule has 1 aliphatic heterocycles. The molecule has 1 atom stereocenters. The summed E-state index contributed by atoms with van der Waals surface area (Å²) in [5, 5.41) is 12.2. The molecule has 1 heterocycles. The smallest absolute Gasteiger partial charge is 0.326 e. The Morgan fingerprint density at radius 1 is 1.22 bits per heavy atom. The van der Waals surface area contributed by atoms with Crippen LogP contribution in [0.5, 0.6) is 0 Å². The first-order valence-electron chi connectivity index (χ1n) is 6.83. The molecular formula is C13H22N2O3. The second-order valence-electron chi connectivity index (χ2n) is 5.74. The molecule has 2 rings (SSSR count). The number of likely N-dealkylation sites (tertiary alicyclic amines) is 1. The summed E-state index contributed by atoms with van der Waals surface area (Å²) in [5.41, 5.74) is -0.119. The van der Waals surface area contributed by atoms with Crippen molar-refractivity contribution in [2.24, 2.45) is 0 Å². The third kappa shape index (κ3) is 2.76. The number of aliphatic carboxylic acids is 1. The number of carboxylic acids is 1. The molecule has 0 aromatic carbocycles. The van der Waals surface area contributed by atoms with Gasteiger partial charge in [0, 0.05) is 12.1 Å². The van der Waals surface area contributed by atoms with Crippen LogP contribution in [0.15, 0.2) is 0 Å². The first kappa shape index (κ1) is 13.2. The third-order valence-corrected chi connectivity index (χ3v) is 4.16. The van der Waals surface area contributed by atoms with E-state index < -0.39 is 12.0 Å². The Morgan fingerprint density at radius 2 is 1.94 bits per heavy atom. The summed E-state index contributed by atoms with van der Waals surface area (Å²) in [4.78, 5) is 25.0. The van der Waals surface area contributed by atoms with Crippen LogP contribution in [-0.2, 0) is 4.79 Å². The van der Waals surface area contributed by atoms with Crippen molar-refractivity contribution in [3.8, 4) is 0 Å². The summed E-state index contributed by atoms with van der Waals surface area (Å²) < 4.78 is 0. The Morgan fingerprint density at radius 3 is 2.50 bits per heavy atom. The third-order valence-electron chi connectivity index (χ3n) is 4.16.